The van der Waals surface area contributed by atoms with Gasteiger partial charge in [-0.3, -0.25) is 19.3 Å². The lowest BCUT2D eigenvalue weighted by Crippen LogP contribution is -2.51. The highest BCUT2D eigenvalue weighted by atomic mass is 32.2. The molecule has 194 valence electrons. The van der Waals surface area contributed by atoms with Gasteiger partial charge in [-0.05, 0) is 30.7 Å². The van der Waals surface area contributed by atoms with Crippen molar-refractivity contribution in [2.24, 2.45) is 0 Å². The predicted molar refractivity (Wildman–Crippen MR) is 126 cm³/mol. The fourth-order valence-corrected chi connectivity index (χ4v) is 6.07. The number of rotatable bonds is 7. The lowest BCUT2D eigenvalue weighted by Gasteiger charge is -2.34. The smallest absolute Gasteiger partial charge is 0.326 e. The van der Waals surface area contributed by atoms with E-state index in [-0.39, 0.29) is 67.7 Å². The number of hydrogen-bond donors (Lipinski definition) is 1. The Labute approximate surface area is 212 Å². The maximum atomic E-state index is 13.0. The molecule has 3 aliphatic rings. The number of amides is 3. The van der Waals surface area contributed by atoms with Gasteiger partial charge in [0.1, 0.15) is 6.04 Å². The van der Waals surface area contributed by atoms with E-state index >= 15 is 0 Å². The first kappa shape index (κ1) is 24.7. The summed E-state index contributed by atoms with van der Waals surface area (Å²) >= 11 is 0. The molecule has 3 aliphatic heterocycles. The van der Waals surface area contributed by atoms with Gasteiger partial charge in [-0.2, -0.15) is 4.31 Å². The Hall–Kier alpha value is -3.97. The highest BCUT2D eigenvalue weighted by Gasteiger charge is 2.43. The number of ether oxygens (including phenoxy) is 2. The number of imide groups is 1. The predicted octanol–water partition coefficient (Wildman–Crippen LogP) is 0.778. The number of fused-ring (bicyclic) bond motifs is 2. The third-order valence-electron chi connectivity index (χ3n) is 6.63. The monoisotopic (exact) mass is 529 g/mol. The molecule has 3 amide bonds. The molecule has 0 unspecified atom stereocenters. The van der Waals surface area contributed by atoms with Gasteiger partial charge < -0.3 is 19.5 Å². The molecule has 5 rings (SSSR count). The van der Waals surface area contributed by atoms with Gasteiger partial charge in [0.2, 0.25) is 22.7 Å². The maximum Gasteiger partial charge on any atom is 0.326 e. The highest BCUT2D eigenvalue weighted by Crippen LogP contribution is 2.35. The van der Waals surface area contributed by atoms with Crippen molar-refractivity contribution in [3.8, 4) is 11.5 Å². The van der Waals surface area contributed by atoms with Crippen molar-refractivity contribution in [1.29, 1.82) is 0 Å². The fourth-order valence-electron chi connectivity index (χ4n) is 4.64. The molecule has 3 heterocycles. The van der Waals surface area contributed by atoms with Gasteiger partial charge >= 0.3 is 5.97 Å². The molecular weight excluding hydrogens is 506 g/mol. The van der Waals surface area contributed by atoms with Crippen molar-refractivity contribution in [3.63, 3.8) is 0 Å². The molecule has 0 spiro atoms. The first-order chi connectivity index (χ1) is 17.7. The molecule has 13 heteroatoms. The van der Waals surface area contributed by atoms with E-state index in [1.165, 1.54) is 39.5 Å². The molecule has 37 heavy (non-hydrogen) atoms. The van der Waals surface area contributed by atoms with Crippen molar-refractivity contribution in [2.75, 3.05) is 33.0 Å². The van der Waals surface area contributed by atoms with E-state index in [1.54, 1.807) is 12.1 Å². The highest BCUT2D eigenvalue weighted by molar-refractivity contribution is 7.89. The zero-order valence-electron chi connectivity index (χ0n) is 19.5. The standard InChI is InChI=1S/C24H23N3O9S/c28-21(8-6-18(24(31)32)27-22(29)16-3-1-2-4-17(16)23(27)30)25-9-11-26(12-10-25)37(33,34)15-5-7-19-20(13-15)36-14-35-19/h1-5,7,13,18H,6,8-12,14H2,(H,31,32)/t18-/m0/s1. The third-order valence-corrected chi connectivity index (χ3v) is 8.52. The fraction of sp³-hybridized carbons (Fsp3) is 0.333. The van der Waals surface area contributed by atoms with E-state index in [0.717, 1.165) is 0 Å². The summed E-state index contributed by atoms with van der Waals surface area (Å²) in [5.41, 5.74) is 0.259. The quantitative estimate of drug-likeness (QED) is 0.513. The van der Waals surface area contributed by atoms with Gasteiger partial charge in [0.25, 0.3) is 11.8 Å². The van der Waals surface area contributed by atoms with Gasteiger partial charge in [-0.1, -0.05) is 12.1 Å². The summed E-state index contributed by atoms with van der Waals surface area (Å²) in [7, 11) is -3.82. The van der Waals surface area contributed by atoms with E-state index in [2.05, 4.69) is 0 Å². The van der Waals surface area contributed by atoms with E-state index in [1.807, 2.05) is 0 Å². The van der Waals surface area contributed by atoms with Crippen LogP contribution in [0.3, 0.4) is 0 Å². The SMILES string of the molecule is O=C(O)[C@H](CCC(=O)N1CCN(S(=O)(=O)c2ccc3c(c2)OCO3)CC1)N1C(=O)c2ccccc2C1=O. The Bertz CT molecular complexity index is 1360. The summed E-state index contributed by atoms with van der Waals surface area (Å²) in [4.78, 5) is 52.3. The zero-order valence-corrected chi connectivity index (χ0v) is 20.3. The summed E-state index contributed by atoms with van der Waals surface area (Å²) in [6.07, 6.45) is -0.478. The maximum absolute atomic E-state index is 13.0. The first-order valence-electron chi connectivity index (χ1n) is 11.6. The number of carboxylic acid groups (broad SMARTS) is 1. The Morgan fingerprint density at radius 3 is 2.16 bits per heavy atom. The number of benzene rings is 2. The summed E-state index contributed by atoms with van der Waals surface area (Å²) in [5, 5.41) is 9.70. The van der Waals surface area contributed by atoms with E-state index in [4.69, 9.17) is 9.47 Å². The summed E-state index contributed by atoms with van der Waals surface area (Å²) in [5.74, 6) is -2.37. The van der Waals surface area contributed by atoms with Crippen molar-refractivity contribution in [3.05, 3.63) is 53.6 Å². The van der Waals surface area contributed by atoms with Crippen molar-refractivity contribution >= 4 is 33.7 Å². The van der Waals surface area contributed by atoms with E-state index in [0.29, 0.717) is 16.4 Å². The Kier molecular flexibility index (Phi) is 6.33. The van der Waals surface area contributed by atoms with Crippen LogP contribution >= 0.6 is 0 Å². The van der Waals surface area contributed by atoms with Gasteiger partial charge in [-0.15, -0.1) is 0 Å². The normalized spacial score (nSPS) is 18.2. The molecule has 2 aromatic carbocycles. The number of piperazine rings is 1. The number of carbonyl (C=O) groups is 4. The van der Waals surface area contributed by atoms with Crippen LogP contribution in [-0.2, 0) is 19.6 Å². The van der Waals surface area contributed by atoms with E-state index in [9.17, 15) is 32.7 Å². The minimum absolute atomic E-state index is 0.0232. The van der Waals surface area contributed by atoms with Gasteiger partial charge in [-0.25, -0.2) is 13.2 Å². The molecule has 0 bridgehead atoms. The molecule has 0 aliphatic carbocycles. The lowest BCUT2D eigenvalue weighted by atomic mass is 10.1. The lowest BCUT2D eigenvalue weighted by molar-refractivity contribution is -0.142. The number of hydrogen-bond acceptors (Lipinski definition) is 8. The molecule has 0 saturated carbocycles. The van der Waals surface area contributed by atoms with Crippen LogP contribution < -0.4 is 9.47 Å². The molecular formula is C24H23N3O9S. The van der Waals surface area contributed by atoms with Gasteiger partial charge in [0, 0.05) is 38.7 Å². The minimum Gasteiger partial charge on any atom is -0.480 e. The Morgan fingerprint density at radius 1 is 0.919 bits per heavy atom. The van der Waals surface area contributed by atoms with Crippen LogP contribution in [0.1, 0.15) is 33.6 Å². The van der Waals surface area contributed by atoms with Gasteiger partial charge in [0.15, 0.2) is 11.5 Å². The molecule has 0 radical (unpaired) electrons. The second-order valence-electron chi connectivity index (χ2n) is 8.72. The van der Waals surface area contributed by atoms with Crippen LogP contribution in [0.2, 0.25) is 0 Å². The summed E-state index contributed by atoms with van der Waals surface area (Å²) < 4.78 is 37.8. The second-order valence-corrected chi connectivity index (χ2v) is 10.7. The first-order valence-corrected chi connectivity index (χ1v) is 13.0. The molecule has 2 aromatic rings. The largest absolute Gasteiger partial charge is 0.480 e. The Balaban J connectivity index is 1.19. The van der Waals surface area contributed by atoms with Crippen LogP contribution in [0.15, 0.2) is 47.4 Å². The third kappa shape index (κ3) is 4.40. The van der Waals surface area contributed by atoms with Crippen molar-refractivity contribution in [2.45, 2.75) is 23.8 Å². The number of aliphatic carboxylic acids is 1. The van der Waals surface area contributed by atoms with Crippen LogP contribution in [0.5, 0.6) is 11.5 Å². The number of nitrogens with zero attached hydrogens (tertiary/aromatic N) is 3. The number of sulfonamides is 1. The van der Waals surface area contributed by atoms with Crippen molar-refractivity contribution < 1.29 is 42.2 Å². The molecule has 1 fully saturated rings. The van der Waals surface area contributed by atoms with Crippen LogP contribution in [0, 0.1) is 0 Å². The average molecular weight is 530 g/mol. The van der Waals surface area contributed by atoms with Crippen LogP contribution in [0.25, 0.3) is 0 Å². The molecule has 0 aromatic heterocycles. The van der Waals surface area contributed by atoms with Crippen LogP contribution in [0.4, 0.5) is 0 Å². The zero-order chi connectivity index (χ0) is 26.3. The molecule has 12 nitrogen and oxygen atoms in total. The summed E-state index contributed by atoms with van der Waals surface area (Å²) in [6.45, 7) is 0.378. The van der Waals surface area contributed by atoms with Gasteiger partial charge in [0.05, 0.1) is 16.0 Å². The number of carbonyl (C=O) groups excluding carboxylic acids is 3. The molecule has 1 saturated heterocycles. The topological polar surface area (TPSA) is 151 Å². The van der Waals surface area contributed by atoms with Crippen molar-refractivity contribution in [1.82, 2.24) is 14.1 Å². The number of carboxylic acids is 1. The van der Waals surface area contributed by atoms with Crippen LogP contribution in [-0.4, -0.2) is 90.3 Å². The Morgan fingerprint density at radius 2 is 1.54 bits per heavy atom. The molecule has 1 atom stereocenters. The summed E-state index contributed by atoms with van der Waals surface area (Å²) in [6, 6.07) is 8.95. The molecule has 1 N–H and O–H groups in total. The second kappa shape index (κ2) is 9.48. The van der Waals surface area contributed by atoms with E-state index < -0.39 is 33.8 Å². The average Bonchev–Trinajstić information content (AvgIpc) is 3.47. The minimum atomic E-state index is -3.82.